The van der Waals surface area contributed by atoms with Crippen LogP contribution < -0.4 is 5.32 Å². The fourth-order valence-corrected chi connectivity index (χ4v) is 3.50. The molecule has 2 atom stereocenters. The molecule has 6 heteroatoms. The van der Waals surface area contributed by atoms with Crippen LogP contribution in [0.15, 0.2) is 65.4 Å². The first kappa shape index (κ1) is 29.9. The number of anilines is 1. The van der Waals surface area contributed by atoms with Gasteiger partial charge in [0.2, 0.25) is 5.91 Å². The SMILES string of the molecule is C=C(\C=C(C)/C(=C\C)C(/C=C/CC)=C/c1cnc(NC(=O)C2CC2F)cc1C)C(=O)CCC.CF. The molecular weight excluding hydrogens is 446 g/mol. The number of rotatable bonds is 11. The number of aryl methyl sites for hydroxylation is 1. The zero-order valence-corrected chi connectivity index (χ0v) is 21.8. The standard InChI is InChI=1S/C28H35FN2O2.CH3F/c1-7-10-12-21(23(9-3)19(5)13-20(6)26(32)11-8-2)15-22-17-30-27(14-18(22)4)31-28(33)24-16-25(24)29;1-2/h9-10,12-15,17,24-25H,6-8,11,16H2,1-5H3,(H,30,31,33);1H3/b12-10+,19-13-,21-15+,23-9+;. The topological polar surface area (TPSA) is 59.1 Å². The second kappa shape index (κ2) is 15.0. The molecule has 35 heavy (non-hydrogen) atoms. The van der Waals surface area contributed by atoms with Gasteiger partial charge in [-0.15, -0.1) is 0 Å². The molecule has 190 valence electrons. The minimum absolute atomic E-state index is 0.0601. The molecule has 1 fully saturated rings. The summed E-state index contributed by atoms with van der Waals surface area (Å²) in [5.74, 6) is -0.389. The Morgan fingerprint density at radius 3 is 2.46 bits per heavy atom. The van der Waals surface area contributed by atoms with Gasteiger partial charge in [0.25, 0.3) is 0 Å². The number of alkyl halides is 2. The minimum Gasteiger partial charge on any atom is -0.310 e. The molecule has 2 unspecified atom stereocenters. The van der Waals surface area contributed by atoms with E-state index in [9.17, 15) is 18.4 Å². The van der Waals surface area contributed by atoms with E-state index in [1.165, 1.54) is 0 Å². The van der Waals surface area contributed by atoms with Crippen molar-refractivity contribution >= 4 is 23.6 Å². The largest absolute Gasteiger partial charge is 0.310 e. The Balaban J connectivity index is 0.00000298. The summed E-state index contributed by atoms with van der Waals surface area (Å²) in [4.78, 5) is 28.5. The lowest BCUT2D eigenvalue weighted by Crippen LogP contribution is -2.16. The second-order valence-electron chi connectivity index (χ2n) is 8.41. The fraction of sp³-hybridized carbons (Fsp3) is 0.414. The summed E-state index contributed by atoms with van der Waals surface area (Å²) < 4.78 is 22.6. The van der Waals surface area contributed by atoms with Gasteiger partial charge in [0.05, 0.1) is 13.1 Å². The molecule has 2 rings (SSSR count). The van der Waals surface area contributed by atoms with Crippen LogP contribution in [0.4, 0.5) is 14.6 Å². The van der Waals surface area contributed by atoms with E-state index in [0.29, 0.717) is 25.0 Å². The maximum absolute atomic E-state index is 13.1. The molecule has 0 bridgehead atoms. The van der Waals surface area contributed by atoms with E-state index in [1.807, 2.05) is 45.9 Å². The summed E-state index contributed by atoms with van der Waals surface area (Å²) in [6, 6.07) is 1.80. The molecule has 0 spiro atoms. The Bertz CT molecular complexity index is 1040. The molecular formula is C29H38F2N2O2. The van der Waals surface area contributed by atoms with Crippen LogP contribution in [0.2, 0.25) is 0 Å². The molecule has 1 N–H and O–H groups in total. The molecule has 0 radical (unpaired) electrons. The van der Waals surface area contributed by atoms with Gasteiger partial charge < -0.3 is 5.32 Å². The van der Waals surface area contributed by atoms with Gasteiger partial charge >= 0.3 is 0 Å². The zero-order chi connectivity index (χ0) is 26.5. The van der Waals surface area contributed by atoms with E-state index in [4.69, 9.17) is 0 Å². The molecule has 1 aromatic rings. The Kier molecular flexibility index (Phi) is 12.8. The van der Waals surface area contributed by atoms with Gasteiger partial charge in [0.15, 0.2) is 5.78 Å². The van der Waals surface area contributed by atoms with Crippen LogP contribution in [-0.4, -0.2) is 30.0 Å². The predicted molar refractivity (Wildman–Crippen MR) is 142 cm³/mol. The van der Waals surface area contributed by atoms with Crippen molar-refractivity contribution in [3.63, 3.8) is 0 Å². The minimum atomic E-state index is -1.04. The van der Waals surface area contributed by atoms with Crippen LogP contribution >= 0.6 is 0 Å². The molecule has 0 saturated heterocycles. The molecule has 1 aromatic heterocycles. The Morgan fingerprint density at radius 1 is 1.29 bits per heavy atom. The highest BCUT2D eigenvalue weighted by molar-refractivity contribution is 5.97. The summed E-state index contributed by atoms with van der Waals surface area (Å²) in [7, 11) is 0.500. The molecule has 1 aliphatic rings. The van der Waals surface area contributed by atoms with Crippen molar-refractivity contribution in [1.82, 2.24) is 4.98 Å². The summed E-state index contributed by atoms with van der Waals surface area (Å²) in [5.41, 5.74) is 5.31. The van der Waals surface area contributed by atoms with Crippen LogP contribution in [0.3, 0.4) is 0 Å². The van der Waals surface area contributed by atoms with Gasteiger partial charge in [0, 0.05) is 18.2 Å². The molecule has 0 aliphatic heterocycles. The first-order chi connectivity index (χ1) is 16.7. The molecule has 1 aliphatic carbocycles. The second-order valence-corrected chi connectivity index (χ2v) is 8.41. The molecule has 1 heterocycles. The number of nitrogens with one attached hydrogen (secondary N) is 1. The van der Waals surface area contributed by atoms with Gasteiger partial charge in [-0.25, -0.2) is 9.37 Å². The van der Waals surface area contributed by atoms with Crippen LogP contribution in [0.1, 0.15) is 64.5 Å². The van der Waals surface area contributed by atoms with Gasteiger partial charge in [-0.1, -0.05) is 38.7 Å². The van der Waals surface area contributed by atoms with Crippen LogP contribution in [0.25, 0.3) is 6.08 Å². The fourth-order valence-electron chi connectivity index (χ4n) is 3.50. The number of carbonyl (C=O) groups is 2. The van der Waals surface area contributed by atoms with Crippen molar-refractivity contribution < 1.29 is 18.4 Å². The van der Waals surface area contributed by atoms with E-state index < -0.39 is 12.1 Å². The van der Waals surface area contributed by atoms with Gasteiger partial charge in [0.1, 0.15) is 12.0 Å². The van der Waals surface area contributed by atoms with Crippen LogP contribution in [-0.2, 0) is 9.59 Å². The highest BCUT2D eigenvalue weighted by Crippen LogP contribution is 2.34. The first-order valence-corrected chi connectivity index (χ1v) is 12.0. The van der Waals surface area contributed by atoms with E-state index >= 15 is 0 Å². The smallest absolute Gasteiger partial charge is 0.231 e. The number of aromatic nitrogens is 1. The molecule has 1 saturated carbocycles. The third-order valence-corrected chi connectivity index (χ3v) is 5.55. The lowest BCUT2D eigenvalue weighted by Gasteiger charge is -2.12. The zero-order valence-electron chi connectivity index (χ0n) is 21.8. The number of hydrogen-bond donors (Lipinski definition) is 1. The highest BCUT2D eigenvalue weighted by atomic mass is 19.1. The average molecular weight is 485 g/mol. The molecule has 1 amide bonds. The first-order valence-electron chi connectivity index (χ1n) is 12.0. The van der Waals surface area contributed by atoms with E-state index in [0.717, 1.165) is 40.7 Å². The van der Waals surface area contributed by atoms with Crippen molar-refractivity contribution in [2.45, 2.75) is 66.5 Å². The van der Waals surface area contributed by atoms with Crippen molar-refractivity contribution in [1.29, 1.82) is 0 Å². The number of halogens is 2. The lowest BCUT2D eigenvalue weighted by atomic mass is 9.93. The van der Waals surface area contributed by atoms with Crippen molar-refractivity contribution in [3.05, 3.63) is 76.6 Å². The summed E-state index contributed by atoms with van der Waals surface area (Å²) in [6.07, 6.45) is 13.2. The summed E-state index contributed by atoms with van der Waals surface area (Å²) in [5, 5.41) is 2.70. The average Bonchev–Trinajstić information content (AvgIpc) is 3.57. The number of pyridine rings is 1. The lowest BCUT2D eigenvalue weighted by molar-refractivity contribution is -0.117. The summed E-state index contributed by atoms with van der Waals surface area (Å²) >= 11 is 0. The maximum Gasteiger partial charge on any atom is 0.231 e. The Labute approximate surface area is 208 Å². The molecule has 0 aromatic carbocycles. The maximum atomic E-state index is 13.1. The number of Topliss-reactive ketones (excluding diaryl/α,β-unsaturated/α-hetero) is 1. The molecule has 4 nitrogen and oxygen atoms in total. The Hall–Kier alpha value is -3.15. The van der Waals surface area contributed by atoms with Crippen molar-refractivity contribution in [2.24, 2.45) is 5.92 Å². The van der Waals surface area contributed by atoms with Crippen LogP contribution in [0, 0.1) is 12.8 Å². The van der Waals surface area contributed by atoms with Gasteiger partial charge in [-0.05, 0) is 86.1 Å². The third kappa shape index (κ3) is 9.19. The van der Waals surface area contributed by atoms with Crippen molar-refractivity contribution in [3.8, 4) is 0 Å². The number of nitrogens with zero attached hydrogens (tertiary/aromatic N) is 1. The van der Waals surface area contributed by atoms with Gasteiger partial charge in [-0.3, -0.25) is 14.0 Å². The number of amides is 1. The van der Waals surface area contributed by atoms with Crippen LogP contribution in [0.5, 0.6) is 0 Å². The third-order valence-electron chi connectivity index (χ3n) is 5.55. The number of hydrogen-bond acceptors (Lipinski definition) is 3. The van der Waals surface area contributed by atoms with E-state index in [2.05, 4.69) is 36.0 Å². The summed E-state index contributed by atoms with van der Waals surface area (Å²) in [6.45, 7) is 13.9. The number of ketones is 1. The van der Waals surface area contributed by atoms with E-state index in [-0.39, 0.29) is 18.1 Å². The Morgan fingerprint density at radius 2 is 1.94 bits per heavy atom. The number of carbonyl (C=O) groups excluding carboxylic acids is 2. The van der Waals surface area contributed by atoms with Gasteiger partial charge in [-0.2, -0.15) is 0 Å². The normalized spacial score (nSPS) is 18.1. The monoisotopic (exact) mass is 484 g/mol. The van der Waals surface area contributed by atoms with Crippen molar-refractivity contribution in [2.75, 3.05) is 12.5 Å². The quantitative estimate of drug-likeness (QED) is 0.262. The number of allylic oxidation sites excluding steroid dienone is 8. The predicted octanol–water partition coefficient (Wildman–Crippen LogP) is 7.44. The van der Waals surface area contributed by atoms with E-state index in [1.54, 1.807) is 12.3 Å². The highest BCUT2D eigenvalue weighted by Gasteiger charge is 2.43.